The highest BCUT2D eigenvalue weighted by atomic mass is 32.2. The number of carbonyl (C=O) groups is 1. The second kappa shape index (κ2) is 8.71. The Morgan fingerprint density at radius 2 is 1.97 bits per heavy atom. The molecule has 0 fully saturated rings. The van der Waals surface area contributed by atoms with Gasteiger partial charge in [-0.2, -0.15) is 0 Å². The molecule has 0 radical (unpaired) electrons. The van der Waals surface area contributed by atoms with Crippen LogP contribution in [0.5, 0.6) is 0 Å². The molecule has 0 saturated carbocycles. The summed E-state index contributed by atoms with van der Waals surface area (Å²) in [5.74, 6) is 0.670. The van der Waals surface area contributed by atoms with Crippen LogP contribution >= 0.6 is 12.2 Å². The van der Waals surface area contributed by atoms with Crippen LogP contribution < -0.4 is 15.4 Å². The van der Waals surface area contributed by atoms with Gasteiger partial charge in [0.1, 0.15) is 11.5 Å². The molecule has 0 saturated heterocycles. The zero-order valence-electron chi connectivity index (χ0n) is 15.1. The fraction of sp³-hybridized carbons (Fsp3) is 0.0556. The molecule has 1 amide bonds. The van der Waals surface area contributed by atoms with E-state index in [-0.39, 0.29) is 15.8 Å². The number of sulfonamides is 1. The van der Waals surface area contributed by atoms with E-state index in [0.29, 0.717) is 17.2 Å². The molecule has 1 aromatic carbocycles. The van der Waals surface area contributed by atoms with Crippen molar-refractivity contribution in [1.82, 2.24) is 10.5 Å². The molecule has 0 spiro atoms. The molecule has 3 rings (SSSR count). The van der Waals surface area contributed by atoms with Gasteiger partial charge in [-0.15, -0.1) is 0 Å². The van der Waals surface area contributed by atoms with Crippen molar-refractivity contribution in [2.24, 2.45) is 0 Å². The van der Waals surface area contributed by atoms with E-state index in [0.717, 1.165) is 0 Å². The average molecular weight is 432 g/mol. The summed E-state index contributed by atoms with van der Waals surface area (Å²) in [6, 6.07) is 10.7. The third-order valence-electron chi connectivity index (χ3n) is 3.47. The monoisotopic (exact) mass is 432 g/mol. The summed E-state index contributed by atoms with van der Waals surface area (Å²) in [5, 5.41) is 8.93. The summed E-state index contributed by atoms with van der Waals surface area (Å²) >= 11 is 5.07. The number of rotatable bonds is 6. The Morgan fingerprint density at radius 3 is 2.59 bits per heavy atom. The van der Waals surface area contributed by atoms with Crippen LogP contribution in [0.2, 0.25) is 0 Å². The van der Waals surface area contributed by atoms with Crippen molar-refractivity contribution in [3.8, 4) is 0 Å². The van der Waals surface area contributed by atoms with Crippen molar-refractivity contribution in [2.45, 2.75) is 11.8 Å². The Hall–Kier alpha value is -3.44. The smallest absolute Gasteiger partial charge is 0.263 e. The second-order valence-electron chi connectivity index (χ2n) is 5.74. The molecule has 0 aliphatic rings. The lowest BCUT2D eigenvalue weighted by Crippen LogP contribution is -2.32. The first-order valence-electron chi connectivity index (χ1n) is 8.21. The van der Waals surface area contributed by atoms with E-state index in [9.17, 15) is 13.2 Å². The van der Waals surface area contributed by atoms with Crippen LogP contribution in [0.15, 0.2) is 68.6 Å². The van der Waals surface area contributed by atoms with Gasteiger partial charge in [-0.1, -0.05) is 5.16 Å². The number of hydrogen-bond acceptors (Lipinski definition) is 7. The first-order valence-corrected chi connectivity index (χ1v) is 10.1. The SMILES string of the molecule is Cc1cc(NS(=O)(=O)c2ccc(NC(=S)NC(=O)/C=C\c3ccco3)cc2)no1. The van der Waals surface area contributed by atoms with Gasteiger partial charge in [0.15, 0.2) is 10.9 Å². The Morgan fingerprint density at radius 1 is 1.21 bits per heavy atom. The van der Waals surface area contributed by atoms with Crippen LogP contribution in [0.3, 0.4) is 0 Å². The molecule has 9 nitrogen and oxygen atoms in total. The van der Waals surface area contributed by atoms with Crippen molar-refractivity contribution in [1.29, 1.82) is 0 Å². The van der Waals surface area contributed by atoms with Crippen LogP contribution in [-0.2, 0) is 14.8 Å². The molecule has 3 aromatic rings. The number of hydrogen-bond donors (Lipinski definition) is 3. The van der Waals surface area contributed by atoms with Gasteiger partial charge >= 0.3 is 0 Å². The summed E-state index contributed by atoms with van der Waals surface area (Å²) in [6.07, 6.45) is 4.27. The van der Waals surface area contributed by atoms with Crippen LogP contribution in [0.25, 0.3) is 6.08 Å². The maximum absolute atomic E-state index is 12.3. The number of amides is 1. The van der Waals surface area contributed by atoms with Crippen molar-refractivity contribution < 1.29 is 22.2 Å². The molecule has 0 unspecified atom stereocenters. The molecule has 29 heavy (non-hydrogen) atoms. The standard InChI is InChI=1S/C18H16N4O5S2/c1-12-11-16(21-27-12)22-29(24,25)15-7-4-13(5-8-15)19-18(28)20-17(23)9-6-14-3-2-10-26-14/h2-11H,1H3,(H,21,22)(H2,19,20,23,28)/b9-6-. The Balaban J connectivity index is 1.56. The van der Waals surface area contributed by atoms with E-state index in [2.05, 4.69) is 20.5 Å². The maximum Gasteiger partial charge on any atom is 0.263 e. The summed E-state index contributed by atoms with van der Waals surface area (Å²) < 4.78 is 36.9. The predicted octanol–water partition coefficient (Wildman–Crippen LogP) is 2.90. The summed E-state index contributed by atoms with van der Waals surface area (Å²) in [4.78, 5) is 11.9. The van der Waals surface area contributed by atoms with Crippen molar-refractivity contribution >= 4 is 50.8 Å². The third-order valence-corrected chi connectivity index (χ3v) is 5.04. The van der Waals surface area contributed by atoms with Gasteiger partial charge in [0.05, 0.1) is 11.2 Å². The summed E-state index contributed by atoms with van der Waals surface area (Å²) in [7, 11) is -3.81. The number of thiocarbonyl (C=S) groups is 1. The maximum atomic E-state index is 12.3. The number of furan rings is 1. The minimum Gasteiger partial charge on any atom is -0.465 e. The number of nitrogens with zero attached hydrogens (tertiary/aromatic N) is 1. The molecular formula is C18H16N4O5S2. The molecule has 0 bridgehead atoms. The molecule has 0 aliphatic carbocycles. The molecule has 11 heteroatoms. The zero-order chi connectivity index (χ0) is 20.9. The number of nitrogens with one attached hydrogen (secondary N) is 3. The van der Waals surface area contributed by atoms with Gasteiger partial charge in [-0.3, -0.25) is 14.8 Å². The van der Waals surface area contributed by atoms with Crippen LogP contribution in [0.1, 0.15) is 11.5 Å². The van der Waals surface area contributed by atoms with E-state index >= 15 is 0 Å². The highest BCUT2D eigenvalue weighted by molar-refractivity contribution is 7.92. The fourth-order valence-electron chi connectivity index (χ4n) is 2.19. The molecular weight excluding hydrogens is 416 g/mol. The van der Waals surface area contributed by atoms with Gasteiger partial charge in [-0.25, -0.2) is 8.42 Å². The lowest BCUT2D eigenvalue weighted by molar-refractivity contribution is -0.115. The molecule has 2 heterocycles. The highest BCUT2D eigenvalue weighted by Crippen LogP contribution is 2.18. The lowest BCUT2D eigenvalue weighted by atomic mass is 10.3. The van der Waals surface area contributed by atoms with Crippen LogP contribution in [0.4, 0.5) is 11.5 Å². The minimum absolute atomic E-state index is 0.0278. The topological polar surface area (TPSA) is 126 Å². The van der Waals surface area contributed by atoms with E-state index in [1.54, 1.807) is 19.1 Å². The van der Waals surface area contributed by atoms with Gasteiger partial charge in [-0.05, 0) is 61.6 Å². The van der Waals surface area contributed by atoms with E-state index < -0.39 is 15.9 Å². The number of aromatic nitrogens is 1. The molecule has 150 valence electrons. The van der Waals surface area contributed by atoms with Crippen molar-refractivity contribution in [2.75, 3.05) is 10.0 Å². The Kier molecular flexibility index (Phi) is 6.10. The summed E-state index contributed by atoms with van der Waals surface area (Å²) in [6.45, 7) is 1.65. The lowest BCUT2D eigenvalue weighted by Gasteiger charge is -2.09. The first-order chi connectivity index (χ1) is 13.8. The zero-order valence-corrected chi connectivity index (χ0v) is 16.7. The molecule has 2 aromatic heterocycles. The Labute approximate surface area is 171 Å². The molecule has 0 aliphatic heterocycles. The number of anilines is 2. The highest BCUT2D eigenvalue weighted by Gasteiger charge is 2.16. The fourth-order valence-corrected chi connectivity index (χ4v) is 3.39. The molecule has 3 N–H and O–H groups in total. The van der Waals surface area contributed by atoms with Crippen LogP contribution in [0, 0.1) is 6.92 Å². The Bertz CT molecular complexity index is 1130. The van der Waals surface area contributed by atoms with E-state index in [4.69, 9.17) is 21.2 Å². The normalized spacial score (nSPS) is 11.3. The van der Waals surface area contributed by atoms with Gasteiger partial charge in [0, 0.05) is 17.8 Å². The molecule has 0 atom stereocenters. The number of benzene rings is 1. The van der Waals surface area contributed by atoms with Crippen molar-refractivity contribution in [3.63, 3.8) is 0 Å². The quantitative estimate of drug-likeness (QED) is 0.401. The first kappa shape index (κ1) is 20.3. The van der Waals surface area contributed by atoms with Gasteiger partial charge < -0.3 is 14.3 Å². The largest absolute Gasteiger partial charge is 0.465 e. The average Bonchev–Trinajstić information content (AvgIpc) is 3.32. The van der Waals surface area contributed by atoms with Crippen LogP contribution in [-0.4, -0.2) is 24.6 Å². The summed E-state index contributed by atoms with van der Waals surface area (Å²) in [5.41, 5.74) is 0.501. The third kappa shape index (κ3) is 5.77. The second-order valence-corrected chi connectivity index (χ2v) is 7.84. The number of aryl methyl sites for hydroxylation is 1. The number of carbonyl (C=O) groups excluding carboxylic acids is 1. The van der Waals surface area contributed by atoms with E-state index in [1.807, 2.05) is 0 Å². The van der Waals surface area contributed by atoms with Gasteiger partial charge in [0.2, 0.25) is 5.91 Å². The minimum atomic E-state index is -3.81. The van der Waals surface area contributed by atoms with Crippen molar-refractivity contribution in [3.05, 3.63) is 66.3 Å². The van der Waals surface area contributed by atoms with Gasteiger partial charge in [0.25, 0.3) is 10.0 Å². The van der Waals surface area contributed by atoms with E-state index in [1.165, 1.54) is 48.7 Å². The predicted molar refractivity (Wildman–Crippen MR) is 111 cm³/mol.